The van der Waals surface area contributed by atoms with Crippen molar-refractivity contribution in [2.45, 2.75) is 24.0 Å². The topological polar surface area (TPSA) is 18.5 Å². The molecule has 0 aromatic heterocycles. The van der Waals surface area contributed by atoms with Gasteiger partial charge in [-0.2, -0.15) is 0 Å². The quantitative estimate of drug-likeness (QED) is 0.756. The Balaban J connectivity index is 2.02. The number of hydrogen-bond acceptors (Lipinski definition) is 2. The van der Waals surface area contributed by atoms with Crippen LogP contribution in [0.25, 0.3) is 0 Å². The summed E-state index contributed by atoms with van der Waals surface area (Å²) in [5.41, 5.74) is 0. The molecule has 0 aliphatic carbocycles. The number of halogens is 1. The molecule has 1 aliphatic heterocycles. The van der Waals surface area contributed by atoms with E-state index in [4.69, 9.17) is 9.47 Å². The number of alkyl halides is 1. The monoisotopic (exact) mass is 256 g/mol. The third kappa shape index (κ3) is 2.49. The molecular formula is C11H13BrO2. The van der Waals surface area contributed by atoms with Crippen molar-refractivity contribution in [3.05, 3.63) is 30.3 Å². The lowest BCUT2D eigenvalue weighted by Gasteiger charge is -2.31. The SMILES string of the molecule is BrC1(Oc2ccccc2)CCCCO1. The molecule has 0 saturated carbocycles. The van der Waals surface area contributed by atoms with E-state index in [0.717, 1.165) is 31.6 Å². The Labute approximate surface area is 92.3 Å². The van der Waals surface area contributed by atoms with E-state index in [1.165, 1.54) is 0 Å². The van der Waals surface area contributed by atoms with Gasteiger partial charge < -0.3 is 9.47 Å². The van der Waals surface area contributed by atoms with Crippen molar-refractivity contribution in [1.82, 2.24) is 0 Å². The highest BCUT2D eigenvalue weighted by Crippen LogP contribution is 2.33. The first-order valence-corrected chi connectivity index (χ1v) is 5.65. The summed E-state index contributed by atoms with van der Waals surface area (Å²) >= 11 is 3.49. The Kier molecular flexibility index (Phi) is 3.08. The van der Waals surface area contributed by atoms with Gasteiger partial charge >= 0.3 is 0 Å². The van der Waals surface area contributed by atoms with Crippen LogP contribution in [0.1, 0.15) is 19.3 Å². The minimum atomic E-state index is -0.605. The van der Waals surface area contributed by atoms with Crippen LogP contribution in [0.2, 0.25) is 0 Å². The summed E-state index contributed by atoms with van der Waals surface area (Å²) in [4.78, 5) is 0. The Morgan fingerprint density at radius 2 is 2.00 bits per heavy atom. The fourth-order valence-corrected chi connectivity index (χ4v) is 2.11. The van der Waals surface area contributed by atoms with Crippen LogP contribution in [-0.4, -0.2) is 11.3 Å². The maximum absolute atomic E-state index is 5.74. The summed E-state index contributed by atoms with van der Waals surface area (Å²) in [7, 11) is 0. The molecule has 0 spiro atoms. The average molecular weight is 257 g/mol. The largest absolute Gasteiger partial charge is 0.452 e. The molecule has 3 heteroatoms. The smallest absolute Gasteiger partial charge is 0.267 e. The van der Waals surface area contributed by atoms with Crippen molar-refractivity contribution in [2.75, 3.05) is 6.61 Å². The van der Waals surface area contributed by atoms with Gasteiger partial charge in [0, 0.05) is 6.42 Å². The molecule has 1 aliphatic rings. The van der Waals surface area contributed by atoms with Gasteiger partial charge in [0.25, 0.3) is 4.70 Å². The predicted octanol–water partition coefficient (Wildman–Crippen LogP) is 3.31. The Bertz CT molecular complexity index is 281. The van der Waals surface area contributed by atoms with Crippen LogP contribution in [0.5, 0.6) is 5.75 Å². The highest BCUT2D eigenvalue weighted by Gasteiger charge is 2.32. The second-order valence-electron chi connectivity index (χ2n) is 3.38. The van der Waals surface area contributed by atoms with Gasteiger partial charge in [0.1, 0.15) is 5.75 Å². The van der Waals surface area contributed by atoms with Crippen molar-refractivity contribution < 1.29 is 9.47 Å². The van der Waals surface area contributed by atoms with E-state index in [1.807, 2.05) is 30.3 Å². The maximum Gasteiger partial charge on any atom is 0.267 e. The molecule has 0 N–H and O–H groups in total. The van der Waals surface area contributed by atoms with Gasteiger partial charge in [0.15, 0.2) is 0 Å². The molecule has 1 aromatic rings. The average Bonchev–Trinajstić information content (AvgIpc) is 2.19. The van der Waals surface area contributed by atoms with Crippen LogP contribution in [0, 0.1) is 0 Å². The van der Waals surface area contributed by atoms with Crippen molar-refractivity contribution in [3.63, 3.8) is 0 Å². The molecule has 1 unspecified atom stereocenters. The minimum absolute atomic E-state index is 0.605. The van der Waals surface area contributed by atoms with Crippen molar-refractivity contribution in [3.8, 4) is 5.75 Å². The fourth-order valence-electron chi connectivity index (χ4n) is 1.48. The lowest BCUT2D eigenvalue weighted by molar-refractivity contribution is -0.129. The number of benzene rings is 1. The van der Waals surface area contributed by atoms with E-state index in [0.29, 0.717) is 0 Å². The van der Waals surface area contributed by atoms with Crippen LogP contribution in [-0.2, 0) is 4.74 Å². The second-order valence-corrected chi connectivity index (χ2v) is 4.59. The molecular weight excluding hydrogens is 244 g/mol. The van der Waals surface area contributed by atoms with Crippen molar-refractivity contribution >= 4 is 15.9 Å². The van der Waals surface area contributed by atoms with Gasteiger partial charge in [0.2, 0.25) is 0 Å². The van der Waals surface area contributed by atoms with E-state index >= 15 is 0 Å². The fraction of sp³-hybridized carbons (Fsp3) is 0.455. The molecule has 2 nitrogen and oxygen atoms in total. The molecule has 0 bridgehead atoms. The standard InChI is InChI=1S/C11H13BrO2/c12-11(8-4-5-9-13-11)14-10-6-2-1-3-7-10/h1-3,6-7H,4-5,8-9H2. The first-order chi connectivity index (χ1) is 6.79. The van der Waals surface area contributed by atoms with Gasteiger partial charge in [-0.3, -0.25) is 0 Å². The molecule has 76 valence electrons. The normalized spacial score (nSPS) is 27.2. The third-order valence-electron chi connectivity index (χ3n) is 2.20. The summed E-state index contributed by atoms with van der Waals surface area (Å²) in [6.45, 7) is 0.762. The number of rotatable bonds is 2. The maximum atomic E-state index is 5.74. The Morgan fingerprint density at radius 1 is 1.21 bits per heavy atom. The van der Waals surface area contributed by atoms with Gasteiger partial charge in [-0.1, -0.05) is 18.2 Å². The molecule has 0 amide bonds. The van der Waals surface area contributed by atoms with Crippen molar-refractivity contribution in [2.24, 2.45) is 0 Å². The Hall–Kier alpha value is -0.540. The Morgan fingerprint density at radius 3 is 2.64 bits per heavy atom. The highest BCUT2D eigenvalue weighted by molar-refractivity contribution is 9.10. The summed E-state index contributed by atoms with van der Waals surface area (Å²) < 4.78 is 10.7. The van der Waals surface area contributed by atoms with Crippen LogP contribution < -0.4 is 4.74 Å². The summed E-state index contributed by atoms with van der Waals surface area (Å²) in [6.07, 6.45) is 3.14. The second kappa shape index (κ2) is 4.32. The molecule has 0 radical (unpaired) electrons. The summed E-state index contributed by atoms with van der Waals surface area (Å²) in [5.74, 6) is 0.839. The van der Waals surface area contributed by atoms with E-state index in [-0.39, 0.29) is 0 Å². The molecule has 1 saturated heterocycles. The molecule has 1 heterocycles. The predicted molar refractivity (Wildman–Crippen MR) is 58.5 cm³/mol. The van der Waals surface area contributed by atoms with Crippen LogP contribution in [0.15, 0.2) is 30.3 Å². The van der Waals surface area contributed by atoms with E-state index in [9.17, 15) is 0 Å². The molecule has 1 atom stereocenters. The van der Waals surface area contributed by atoms with Gasteiger partial charge in [-0.05, 0) is 40.9 Å². The van der Waals surface area contributed by atoms with Crippen LogP contribution in [0.4, 0.5) is 0 Å². The number of para-hydroxylation sites is 1. The first-order valence-electron chi connectivity index (χ1n) is 4.85. The highest BCUT2D eigenvalue weighted by atomic mass is 79.9. The third-order valence-corrected chi connectivity index (χ3v) is 2.99. The first kappa shape index (κ1) is 9.99. The van der Waals surface area contributed by atoms with E-state index in [2.05, 4.69) is 15.9 Å². The zero-order valence-electron chi connectivity index (χ0n) is 7.91. The van der Waals surface area contributed by atoms with Crippen LogP contribution in [0.3, 0.4) is 0 Å². The van der Waals surface area contributed by atoms with Gasteiger partial charge in [-0.15, -0.1) is 0 Å². The number of ether oxygens (including phenoxy) is 2. The minimum Gasteiger partial charge on any atom is -0.452 e. The van der Waals surface area contributed by atoms with Gasteiger partial charge in [-0.25, -0.2) is 0 Å². The van der Waals surface area contributed by atoms with E-state index in [1.54, 1.807) is 0 Å². The molecule has 1 aromatic carbocycles. The van der Waals surface area contributed by atoms with Crippen molar-refractivity contribution in [1.29, 1.82) is 0 Å². The lowest BCUT2D eigenvalue weighted by Crippen LogP contribution is -2.35. The van der Waals surface area contributed by atoms with Crippen LogP contribution >= 0.6 is 15.9 Å². The van der Waals surface area contributed by atoms with Gasteiger partial charge in [0.05, 0.1) is 6.61 Å². The van der Waals surface area contributed by atoms with E-state index < -0.39 is 4.70 Å². The molecule has 2 rings (SSSR count). The number of hydrogen-bond donors (Lipinski definition) is 0. The lowest BCUT2D eigenvalue weighted by atomic mass is 10.2. The molecule has 1 fully saturated rings. The summed E-state index contributed by atoms with van der Waals surface area (Å²) in [6, 6.07) is 9.74. The zero-order valence-corrected chi connectivity index (χ0v) is 9.50. The summed E-state index contributed by atoms with van der Waals surface area (Å²) in [5, 5.41) is 0. The molecule has 14 heavy (non-hydrogen) atoms. The zero-order chi connectivity index (χ0) is 9.86.